The molecule has 222 valence electrons. The SMILES string of the molecule is CCOc1ccc(C(=O)Oc2ccc(C=NNC(=O)c3ccc(NS(=O)(=O)c4ccc(Cl)cc4)cc3)cc2OCC)cc1. The smallest absolute Gasteiger partial charge is 0.343 e. The quantitative estimate of drug-likeness (QED) is 0.0868. The first-order chi connectivity index (χ1) is 20.7. The number of hydrazone groups is 1. The molecule has 0 aromatic heterocycles. The highest BCUT2D eigenvalue weighted by atomic mass is 35.5. The molecule has 0 saturated heterocycles. The molecule has 0 saturated carbocycles. The third-order valence-corrected chi connectivity index (χ3v) is 7.42. The first-order valence-corrected chi connectivity index (χ1v) is 15.0. The van der Waals surface area contributed by atoms with Gasteiger partial charge in [-0.05, 0) is 110 Å². The summed E-state index contributed by atoms with van der Waals surface area (Å²) in [6.45, 7) is 4.52. The predicted molar refractivity (Wildman–Crippen MR) is 164 cm³/mol. The van der Waals surface area contributed by atoms with E-state index >= 15 is 0 Å². The molecule has 0 heterocycles. The molecule has 0 radical (unpaired) electrons. The number of anilines is 1. The van der Waals surface area contributed by atoms with Crippen molar-refractivity contribution in [2.24, 2.45) is 5.10 Å². The zero-order valence-corrected chi connectivity index (χ0v) is 24.8. The zero-order valence-electron chi connectivity index (χ0n) is 23.2. The number of hydrogen-bond acceptors (Lipinski definition) is 8. The minimum Gasteiger partial charge on any atom is -0.494 e. The molecule has 1 amide bonds. The molecule has 0 aliphatic heterocycles. The Morgan fingerprint density at radius 1 is 0.814 bits per heavy atom. The Kier molecular flexibility index (Phi) is 10.4. The van der Waals surface area contributed by atoms with E-state index in [0.717, 1.165) is 0 Å². The van der Waals surface area contributed by atoms with E-state index in [-0.39, 0.29) is 21.9 Å². The molecule has 0 spiro atoms. The Bertz CT molecular complexity index is 1710. The van der Waals surface area contributed by atoms with Crippen LogP contribution in [0.15, 0.2) is 101 Å². The molecule has 0 atom stereocenters. The number of nitrogens with one attached hydrogen (secondary N) is 2. The standard InChI is InChI=1S/C31H28ClN3O7S/c1-3-40-26-14-8-23(9-15-26)31(37)42-28-18-5-21(19-29(28)41-4-2)20-33-34-30(36)22-6-12-25(13-7-22)35-43(38,39)27-16-10-24(32)11-17-27/h5-20,35H,3-4H2,1-2H3,(H,34,36). The Labute approximate surface area is 254 Å². The first kappa shape index (κ1) is 31.1. The van der Waals surface area contributed by atoms with Crippen LogP contribution in [0.25, 0.3) is 0 Å². The fourth-order valence-electron chi connectivity index (χ4n) is 3.72. The van der Waals surface area contributed by atoms with Crippen LogP contribution in [0.1, 0.15) is 40.1 Å². The van der Waals surface area contributed by atoms with Gasteiger partial charge in [-0.25, -0.2) is 18.6 Å². The third-order valence-electron chi connectivity index (χ3n) is 5.77. The van der Waals surface area contributed by atoms with Gasteiger partial charge in [0.2, 0.25) is 0 Å². The van der Waals surface area contributed by atoms with Crippen molar-refractivity contribution in [2.75, 3.05) is 17.9 Å². The lowest BCUT2D eigenvalue weighted by atomic mass is 10.2. The van der Waals surface area contributed by atoms with E-state index < -0.39 is 21.9 Å². The largest absolute Gasteiger partial charge is 0.494 e. The van der Waals surface area contributed by atoms with E-state index in [1.807, 2.05) is 6.92 Å². The van der Waals surface area contributed by atoms with Gasteiger partial charge in [0.25, 0.3) is 15.9 Å². The summed E-state index contributed by atoms with van der Waals surface area (Å²) in [5.41, 5.74) is 3.90. The molecule has 12 heteroatoms. The number of esters is 1. The number of halogens is 1. The Morgan fingerprint density at radius 3 is 2.12 bits per heavy atom. The van der Waals surface area contributed by atoms with E-state index in [1.54, 1.807) is 49.4 Å². The van der Waals surface area contributed by atoms with Gasteiger partial charge in [-0.2, -0.15) is 5.10 Å². The van der Waals surface area contributed by atoms with Crippen LogP contribution in [0.5, 0.6) is 17.2 Å². The number of carbonyl (C=O) groups is 2. The first-order valence-electron chi connectivity index (χ1n) is 13.1. The van der Waals surface area contributed by atoms with Crippen LogP contribution in [0, 0.1) is 0 Å². The molecule has 0 aliphatic carbocycles. The van der Waals surface area contributed by atoms with Crippen molar-refractivity contribution in [2.45, 2.75) is 18.7 Å². The Balaban J connectivity index is 1.36. The number of rotatable bonds is 12. The van der Waals surface area contributed by atoms with Gasteiger partial charge < -0.3 is 14.2 Å². The number of benzene rings is 4. The predicted octanol–water partition coefficient (Wildman–Crippen LogP) is 5.92. The van der Waals surface area contributed by atoms with Crippen LogP contribution in [0.4, 0.5) is 5.69 Å². The molecule has 0 bridgehead atoms. The number of sulfonamides is 1. The second-order valence-electron chi connectivity index (χ2n) is 8.82. The van der Waals surface area contributed by atoms with Crippen LogP contribution in [-0.2, 0) is 10.0 Å². The van der Waals surface area contributed by atoms with Crippen LogP contribution in [0.2, 0.25) is 5.02 Å². The number of nitrogens with zero attached hydrogens (tertiary/aromatic N) is 1. The van der Waals surface area contributed by atoms with Gasteiger partial charge in [0, 0.05) is 16.3 Å². The molecule has 2 N–H and O–H groups in total. The van der Waals surface area contributed by atoms with E-state index in [2.05, 4.69) is 15.2 Å². The summed E-state index contributed by atoms with van der Waals surface area (Å²) in [7, 11) is -3.82. The number of amides is 1. The molecule has 43 heavy (non-hydrogen) atoms. The maximum absolute atomic E-state index is 12.6. The molecule has 4 aromatic rings. The van der Waals surface area contributed by atoms with Crippen LogP contribution < -0.4 is 24.4 Å². The van der Waals surface area contributed by atoms with Crippen molar-refractivity contribution in [3.63, 3.8) is 0 Å². The highest BCUT2D eigenvalue weighted by Crippen LogP contribution is 2.29. The highest BCUT2D eigenvalue weighted by Gasteiger charge is 2.15. The summed E-state index contributed by atoms with van der Waals surface area (Å²) in [6.07, 6.45) is 1.41. The van der Waals surface area contributed by atoms with E-state index in [0.29, 0.717) is 40.9 Å². The van der Waals surface area contributed by atoms with Gasteiger partial charge in [0.05, 0.1) is 29.9 Å². The Hall–Kier alpha value is -4.87. The summed E-state index contributed by atoms with van der Waals surface area (Å²) in [4.78, 5) is 25.3. The maximum atomic E-state index is 12.6. The van der Waals surface area contributed by atoms with Gasteiger partial charge >= 0.3 is 5.97 Å². The summed E-state index contributed by atoms with van der Waals surface area (Å²) in [5, 5.41) is 4.41. The molecule has 10 nitrogen and oxygen atoms in total. The normalized spacial score (nSPS) is 11.1. The number of carbonyl (C=O) groups excluding carboxylic acids is 2. The number of hydrogen-bond donors (Lipinski definition) is 2. The zero-order chi connectivity index (χ0) is 30.8. The summed E-state index contributed by atoms with van der Waals surface area (Å²) in [6, 6.07) is 23.1. The topological polar surface area (TPSA) is 132 Å². The fraction of sp³-hybridized carbons (Fsp3) is 0.129. The van der Waals surface area contributed by atoms with Gasteiger partial charge in [-0.3, -0.25) is 9.52 Å². The minimum absolute atomic E-state index is 0.0550. The van der Waals surface area contributed by atoms with Gasteiger partial charge in [-0.1, -0.05) is 11.6 Å². The maximum Gasteiger partial charge on any atom is 0.343 e. The lowest BCUT2D eigenvalue weighted by molar-refractivity contribution is 0.0728. The molecular weight excluding hydrogens is 594 g/mol. The van der Waals surface area contributed by atoms with Crippen molar-refractivity contribution in [3.05, 3.63) is 113 Å². The third kappa shape index (κ3) is 8.57. The summed E-state index contributed by atoms with van der Waals surface area (Å²) in [5.74, 6) is 0.151. The fourth-order valence-corrected chi connectivity index (χ4v) is 4.90. The van der Waals surface area contributed by atoms with Gasteiger partial charge in [0.1, 0.15) is 5.75 Å². The monoisotopic (exact) mass is 621 g/mol. The van der Waals surface area contributed by atoms with E-state index in [1.165, 1.54) is 54.7 Å². The molecule has 4 aromatic carbocycles. The van der Waals surface area contributed by atoms with Crippen molar-refractivity contribution >= 4 is 45.4 Å². The molecule has 0 aliphatic rings. The van der Waals surface area contributed by atoms with Crippen LogP contribution in [0.3, 0.4) is 0 Å². The summed E-state index contributed by atoms with van der Waals surface area (Å²) >= 11 is 5.82. The lowest BCUT2D eigenvalue weighted by Crippen LogP contribution is -2.18. The average molecular weight is 622 g/mol. The second kappa shape index (κ2) is 14.3. The van der Waals surface area contributed by atoms with E-state index in [4.69, 9.17) is 25.8 Å². The number of ether oxygens (including phenoxy) is 3. The molecule has 0 unspecified atom stereocenters. The van der Waals surface area contributed by atoms with Crippen molar-refractivity contribution in [1.82, 2.24) is 5.43 Å². The van der Waals surface area contributed by atoms with Crippen LogP contribution in [-0.4, -0.2) is 39.7 Å². The second-order valence-corrected chi connectivity index (χ2v) is 10.9. The minimum atomic E-state index is -3.82. The van der Waals surface area contributed by atoms with Crippen molar-refractivity contribution in [1.29, 1.82) is 0 Å². The van der Waals surface area contributed by atoms with Crippen LogP contribution >= 0.6 is 11.6 Å². The molecular formula is C31H28ClN3O7S. The van der Waals surface area contributed by atoms with E-state index in [9.17, 15) is 18.0 Å². The molecule has 0 fully saturated rings. The average Bonchev–Trinajstić information content (AvgIpc) is 2.99. The highest BCUT2D eigenvalue weighted by molar-refractivity contribution is 7.92. The Morgan fingerprint density at radius 2 is 1.47 bits per heavy atom. The molecule has 4 rings (SSSR count). The summed E-state index contributed by atoms with van der Waals surface area (Å²) < 4.78 is 44.1. The lowest BCUT2D eigenvalue weighted by Gasteiger charge is -2.11. The van der Waals surface area contributed by atoms with Crippen molar-refractivity contribution < 1.29 is 32.2 Å². The van der Waals surface area contributed by atoms with Gasteiger partial charge in [-0.15, -0.1) is 0 Å². The van der Waals surface area contributed by atoms with Gasteiger partial charge in [0.15, 0.2) is 11.5 Å². The van der Waals surface area contributed by atoms with Crippen molar-refractivity contribution in [3.8, 4) is 17.2 Å².